The highest BCUT2D eigenvalue weighted by atomic mass is 16.6. The van der Waals surface area contributed by atoms with Gasteiger partial charge < -0.3 is 4.74 Å². The van der Waals surface area contributed by atoms with Crippen LogP contribution in [0.25, 0.3) is 0 Å². The minimum absolute atomic E-state index is 0.00132. The normalized spacial score (nSPS) is 44.0. The van der Waals surface area contributed by atoms with Crippen LogP contribution in [-0.4, -0.2) is 11.7 Å². The summed E-state index contributed by atoms with van der Waals surface area (Å²) in [6, 6.07) is 2.24. The summed E-state index contributed by atoms with van der Waals surface area (Å²) in [5.74, 6) is 0.878. The number of nitrogens with zero attached hydrogens (tertiary/aromatic N) is 1. The van der Waals surface area contributed by atoms with E-state index in [2.05, 4.69) is 13.0 Å². The molecule has 2 rings (SSSR count). The summed E-state index contributed by atoms with van der Waals surface area (Å²) in [5.41, 5.74) is -0.00132. The fourth-order valence-corrected chi connectivity index (χ4v) is 2.54. The van der Waals surface area contributed by atoms with E-state index in [1.165, 1.54) is 25.7 Å². The van der Waals surface area contributed by atoms with Crippen LogP contribution in [0.15, 0.2) is 0 Å². The molecule has 13 heavy (non-hydrogen) atoms. The van der Waals surface area contributed by atoms with Crippen LogP contribution < -0.4 is 0 Å². The number of nitriles is 1. The summed E-state index contributed by atoms with van der Waals surface area (Å²) in [7, 11) is 0. The molecule has 1 aliphatic heterocycles. The van der Waals surface area contributed by atoms with E-state index in [0.717, 1.165) is 18.8 Å². The van der Waals surface area contributed by atoms with Crippen LogP contribution in [0.1, 0.15) is 45.4 Å². The molecule has 0 radical (unpaired) electrons. The van der Waals surface area contributed by atoms with Crippen LogP contribution in [0.3, 0.4) is 0 Å². The van der Waals surface area contributed by atoms with Crippen molar-refractivity contribution in [3.63, 3.8) is 0 Å². The molecule has 3 unspecified atom stereocenters. The zero-order chi connectivity index (χ0) is 9.31. The standard InChI is InChI=1S/C11H17NO/c1-2-9-4-3-6-11(7-5-9)10(8-12)13-11/h9-10H,2-7H2,1H3. The summed E-state index contributed by atoms with van der Waals surface area (Å²) in [6.07, 6.45) is 7.27. The van der Waals surface area contributed by atoms with Gasteiger partial charge in [0.2, 0.25) is 0 Å². The molecule has 0 bridgehead atoms. The molecular weight excluding hydrogens is 162 g/mol. The third-order valence-corrected chi connectivity index (χ3v) is 3.66. The van der Waals surface area contributed by atoms with Crippen molar-refractivity contribution in [2.45, 2.75) is 57.2 Å². The second kappa shape index (κ2) is 3.31. The van der Waals surface area contributed by atoms with Gasteiger partial charge in [-0.15, -0.1) is 0 Å². The average molecular weight is 179 g/mol. The van der Waals surface area contributed by atoms with E-state index >= 15 is 0 Å². The molecule has 2 fully saturated rings. The van der Waals surface area contributed by atoms with Crippen LogP contribution in [0.4, 0.5) is 0 Å². The number of rotatable bonds is 1. The molecule has 1 saturated carbocycles. The predicted octanol–water partition coefficient (Wildman–Crippen LogP) is 2.64. The summed E-state index contributed by atoms with van der Waals surface area (Å²) >= 11 is 0. The zero-order valence-electron chi connectivity index (χ0n) is 8.25. The molecule has 2 nitrogen and oxygen atoms in total. The predicted molar refractivity (Wildman–Crippen MR) is 50.1 cm³/mol. The van der Waals surface area contributed by atoms with Crippen molar-refractivity contribution in [1.82, 2.24) is 0 Å². The Hall–Kier alpha value is -0.550. The van der Waals surface area contributed by atoms with Gasteiger partial charge in [0.25, 0.3) is 0 Å². The van der Waals surface area contributed by atoms with Crippen LogP contribution in [0.5, 0.6) is 0 Å². The lowest BCUT2D eigenvalue weighted by Crippen LogP contribution is -2.12. The molecule has 0 aromatic carbocycles. The monoisotopic (exact) mass is 179 g/mol. The molecule has 3 atom stereocenters. The van der Waals surface area contributed by atoms with Gasteiger partial charge >= 0.3 is 0 Å². The molecule has 0 aromatic heterocycles. The Morgan fingerprint density at radius 3 is 2.92 bits per heavy atom. The van der Waals surface area contributed by atoms with E-state index in [4.69, 9.17) is 10.00 Å². The first-order valence-electron chi connectivity index (χ1n) is 5.38. The number of hydrogen-bond donors (Lipinski definition) is 0. The minimum Gasteiger partial charge on any atom is -0.350 e. The fraction of sp³-hybridized carbons (Fsp3) is 0.909. The highest BCUT2D eigenvalue weighted by Crippen LogP contribution is 2.48. The van der Waals surface area contributed by atoms with Gasteiger partial charge in [-0.2, -0.15) is 5.26 Å². The lowest BCUT2D eigenvalue weighted by Gasteiger charge is -2.09. The molecule has 0 amide bonds. The maximum atomic E-state index is 8.76. The molecule has 1 saturated heterocycles. The second-order valence-electron chi connectivity index (χ2n) is 4.40. The van der Waals surface area contributed by atoms with Gasteiger partial charge in [0.15, 0.2) is 6.10 Å². The summed E-state index contributed by atoms with van der Waals surface area (Å²) in [5, 5.41) is 8.76. The Morgan fingerprint density at radius 2 is 2.31 bits per heavy atom. The smallest absolute Gasteiger partial charge is 0.173 e. The first-order valence-corrected chi connectivity index (χ1v) is 5.38. The van der Waals surface area contributed by atoms with Gasteiger partial charge in [-0.3, -0.25) is 0 Å². The van der Waals surface area contributed by atoms with Crippen molar-refractivity contribution in [3.05, 3.63) is 0 Å². The summed E-state index contributed by atoms with van der Waals surface area (Å²) < 4.78 is 5.51. The van der Waals surface area contributed by atoms with Crippen molar-refractivity contribution >= 4 is 0 Å². The maximum Gasteiger partial charge on any atom is 0.173 e. The molecule has 2 heteroatoms. The van der Waals surface area contributed by atoms with E-state index in [0.29, 0.717) is 0 Å². The van der Waals surface area contributed by atoms with Crippen molar-refractivity contribution in [2.75, 3.05) is 0 Å². The quantitative estimate of drug-likeness (QED) is 0.580. The molecule has 0 N–H and O–H groups in total. The number of hydrogen-bond acceptors (Lipinski definition) is 2. The van der Waals surface area contributed by atoms with E-state index in [9.17, 15) is 0 Å². The van der Waals surface area contributed by atoms with Crippen molar-refractivity contribution in [3.8, 4) is 6.07 Å². The van der Waals surface area contributed by atoms with Gasteiger partial charge in [0.1, 0.15) is 5.60 Å². The van der Waals surface area contributed by atoms with Gasteiger partial charge in [-0.05, 0) is 25.2 Å². The third-order valence-electron chi connectivity index (χ3n) is 3.66. The Balaban J connectivity index is 1.93. The van der Waals surface area contributed by atoms with Gasteiger partial charge in [-0.25, -0.2) is 0 Å². The highest BCUT2D eigenvalue weighted by Gasteiger charge is 2.56. The van der Waals surface area contributed by atoms with Crippen LogP contribution in [-0.2, 0) is 4.74 Å². The Kier molecular flexibility index (Phi) is 2.29. The topological polar surface area (TPSA) is 36.3 Å². The lowest BCUT2D eigenvalue weighted by molar-refractivity contribution is 0.270. The highest BCUT2D eigenvalue weighted by molar-refractivity contribution is 5.14. The van der Waals surface area contributed by atoms with Crippen molar-refractivity contribution in [2.24, 2.45) is 5.92 Å². The summed E-state index contributed by atoms with van der Waals surface area (Å²) in [6.45, 7) is 2.26. The van der Waals surface area contributed by atoms with Gasteiger partial charge in [-0.1, -0.05) is 26.2 Å². The largest absolute Gasteiger partial charge is 0.350 e. The zero-order valence-corrected chi connectivity index (χ0v) is 8.25. The van der Waals surface area contributed by atoms with E-state index < -0.39 is 0 Å². The minimum atomic E-state index is -0.0805. The molecular formula is C11H17NO. The van der Waals surface area contributed by atoms with Crippen molar-refractivity contribution < 1.29 is 4.74 Å². The first kappa shape index (κ1) is 9.02. The van der Waals surface area contributed by atoms with E-state index in [1.54, 1.807) is 0 Å². The first-order chi connectivity index (χ1) is 6.30. The number of epoxide rings is 1. The van der Waals surface area contributed by atoms with Crippen molar-refractivity contribution in [1.29, 1.82) is 5.26 Å². The molecule has 2 aliphatic rings. The number of ether oxygens (including phenoxy) is 1. The van der Waals surface area contributed by atoms with Crippen LogP contribution in [0.2, 0.25) is 0 Å². The molecule has 1 heterocycles. The summed E-state index contributed by atoms with van der Waals surface area (Å²) in [4.78, 5) is 0. The molecule has 72 valence electrons. The third kappa shape index (κ3) is 1.58. The molecule has 1 aliphatic carbocycles. The fourth-order valence-electron chi connectivity index (χ4n) is 2.54. The Bertz CT molecular complexity index is 233. The maximum absolute atomic E-state index is 8.76. The average Bonchev–Trinajstić information content (AvgIpc) is 2.89. The van der Waals surface area contributed by atoms with E-state index in [1.807, 2.05) is 0 Å². The molecule has 1 spiro atoms. The lowest BCUT2D eigenvalue weighted by atomic mass is 9.94. The van der Waals surface area contributed by atoms with Gasteiger partial charge in [0.05, 0.1) is 6.07 Å². The second-order valence-corrected chi connectivity index (χ2v) is 4.40. The Morgan fingerprint density at radius 1 is 1.46 bits per heavy atom. The van der Waals surface area contributed by atoms with Crippen LogP contribution >= 0.6 is 0 Å². The SMILES string of the molecule is CCC1CCCC2(CC1)OC2C#N. The Labute approximate surface area is 79.9 Å². The van der Waals surface area contributed by atoms with Crippen LogP contribution in [0, 0.1) is 17.2 Å². The van der Waals surface area contributed by atoms with E-state index in [-0.39, 0.29) is 11.7 Å². The molecule has 0 aromatic rings. The van der Waals surface area contributed by atoms with Gasteiger partial charge in [0, 0.05) is 0 Å².